The number of hydrogen-bond acceptors (Lipinski definition) is 4. The van der Waals surface area contributed by atoms with E-state index in [4.69, 9.17) is 11.5 Å². The van der Waals surface area contributed by atoms with Crippen molar-refractivity contribution in [1.82, 2.24) is 9.97 Å². The van der Waals surface area contributed by atoms with Crippen LogP contribution in [0, 0.1) is 6.92 Å². The van der Waals surface area contributed by atoms with Gasteiger partial charge in [-0.2, -0.15) is 0 Å². The van der Waals surface area contributed by atoms with Gasteiger partial charge in [-0.1, -0.05) is 34.1 Å². The number of amides is 1. The van der Waals surface area contributed by atoms with Gasteiger partial charge in [0, 0.05) is 10.0 Å². The Balaban J connectivity index is 2.62. The number of nitrogens with two attached hydrogens (primary N) is 2. The molecule has 0 unspecified atom stereocenters. The number of nitrogens with zero attached hydrogens (tertiary/aromatic N) is 2. The second-order valence-corrected chi connectivity index (χ2v) is 4.59. The molecule has 0 radical (unpaired) electrons. The molecule has 0 aliphatic heterocycles. The maximum Gasteiger partial charge on any atom is 0.254 e. The lowest BCUT2D eigenvalue weighted by molar-refractivity contribution is 0.1000. The molecule has 1 amide bonds. The summed E-state index contributed by atoms with van der Waals surface area (Å²) in [6.45, 7) is 1.68. The average molecular weight is 307 g/mol. The zero-order chi connectivity index (χ0) is 13.3. The Kier molecular flexibility index (Phi) is 3.29. The van der Waals surface area contributed by atoms with Crippen LogP contribution in [-0.4, -0.2) is 15.9 Å². The molecule has 0 spiro atoms. The summed E-state index contributed by atoms with van der Waals surface area (Å²) in [5.74, 6) is -0.0631. The number of carbonyl (C=O) groups is 1. The minimum absolute atomic E-state index is 0.0979. The van der Waals surface area contributed by atoms with Gasteiger partial charge < -0.3 is 11.5 Å². The molecule has 0 aliphatic carbocycles. The highest BCUT2D eigenvalue weighted by Crippen LogP contribution is 2.26. The molecule has 5 nitrogen and oxygen atoms in total. The van der Waals surface area contributed by atoms with E-state index in [0.29, 0.717) is 11.5 Å². The second kappa shape index (κ2) is 4.73. The predicted octanol–water partition coefficient (Wildman–Crippen LogP) is 1.90. The van der Waals surface area contributed by atoms with Gasteiger partial charge in [-0.15, -0.1) is 0 Å². The van der Waals surface area contributed by atoms with E-state index in [2.05, 4.69) is 25.9 Å². The van der Waals surface area contributed by atoms with Gasteiger partial charge in [-0.3, -0.25) is 4.79 Å². The molecule has 1 aromatic carbocycles. The molecular weight excluding hydrogens is 296 g/mol. The molecule has 0 bridgehead atoms. The van der Waals surface area contributed by atoms with Crippen molar-refractivity contribution in [3.63, 3.8) is 0 Å². The average Bonchev–Trinajstić information content (AvgIpc) is 2.27. The number of anilines is 1. The Morgan fingerprint density at radius 1 is 1.28 bits per heavy atom. The summed E-state index contributed by atoms with van der Waals surface area (Å²) < 4.78 is 0.857. The lowest BCUT2D eigenvalue weighted by Crippen LogP contribution is -2.17. The van der Waals surface area contributed by atoms with Gasteiger partial charge >= 0.3 is 0 Å². The van der Waals surface area contributed by atoms with Crippen LogP contribution in [0.5, 0.6) is 0 Å². The number of halogens is 1. The number of carbonyl (C=O) groups excluding carboxylic acids is 1. The topological polar surface area (TPSA) is 94.9 Å². The van der Waals surface area contributed by atoms with E-state index in [1.807, 2.05) is 24.3 Å². The fraction of sp³-hybridized carbons (Fsp3) is 0.0833. The first-order valence-corrected chi connectivity index (χ1v) is 5.99. The SMILES string of the molecule is Cc1nc(-c2ccccc2Br)nc(N)c1C(N)=O. The van der Waals surface area contributed by atoms with E-state index in [1.54, 1.807) is 6.92 Å². The van der Waals surface area contributed by atoms with Crippen LogP contribution in [0.15, 0.2) is 28.7 Å². The molecule has 0 aliphatic rings. The van der Waals surface area contributed by atoms with Crippen molar-refractivity contribution in [3.05, 3.63) is 40.0 Å². The third-order valence-corrected chi connectivity index (χ3v) is 3.17. The fourth-order valence-corrected chi connectivity index (χ4v) is 2.12. The molecule has 0 fully saturated rings. The highest BCUT2D eigenvalue weighted by atomic mass is 79.9. The molecule has 4 N–H and O–H groups in total. The molecule has 92 valence electrons. The highest BCUT2D eigenvalue weighted by molar-refractivity contribution is 9.10. The Labute approximate surface area is 112 Å². The quantitative estimate of drug-likeness (QED) is 0.885. The van der Waals surface area contributed by atoms with Gasteiger partial charge in [0.25, 0.3) is 5.91 Å². The molecule has 18 heavy (non-hydrogen) atoms. The molecule has 6 heteroatoms. The summed E-state index contributed by atoms with van der Waals surface area (Å²) in [7, 11) is 0. The van der Waals surface area contributed by atoms with Gasteiger partial charge in [0.1, 0.15) is 11.4 Å². The zero-order valence-electron chi connectivity index (χ0n) is 9.64. The van der Waals surface area contributed by atoms with Crippen LogP contribution < -0.4 is 11.5 Å². The zero-order valence-corrected chi connectivity index (χ0v) is 11.2. The van der Waals surface area contributed by atoms with Crippen LogP contribution in [0.1, 0.15) is 16.1 Å². The minimum atomic E-state index is -0.622. The number of aryl methyl sites for hydroxylation is 1. The number of rotatable bonds is 2. The summed E-state index contributed by atoms with van der Waals surface area (Å²) in [6, 6.07) is 7.51. The summed E-state index contributed by atoms with van der Waals surface area (Å²) in [5, 5.41) is 0. The summed E-state index contributed by atoms with van der Waals surface area (Å²) in [4.78, 5) is 19.6. The largest absolute Gasteiger partial charge is 0.383 e. The van der Waals surface area contributed by atoms with E-state index in [-0.39, 0.29) is 11.4 Å². The first kappa shape index (κ1) is 12.5. The number of benzene rings is 1. The maximum absolute atomic E-state index is 11.2. The van der Waals surface area contributed by atoms with Crippen molar-refractivity contribution in [2.75, 3.05) is 5.73 Å². The molecule has 1 heterocycles. The monoisotopic (exact) mass is 306 g/mol. The van der Waals surface area contributed by atoms with Crippen LogP contribution in [0.25, 0.3) is 11.4 Å². The Morgan fingerprint density at radius 3 is 2.50 bits per heavy atom. The number of primary amides is 1. The summed E-state index contributed by atoms with van der Waals surface area (Å²) >= 11 is 3.42. The molecule has 0 atom stereocenters. The van der Waals surface area contributed by atoms with E-state index in [0.717, 1.165) is 10.0 Å². The van der Waals surface area contributed by atoms with Crippen molar-refractivity contribution in [2.24, 2.45) is 5.73 Å². The predicted molar refractivity (Wildman–Crippen MR) is 72.8 cm³/mol. The Morgan fingerprint density at radius 2 is 1.94 bits per heavy atom. The normalized spacial score (nSPS) is 10.3. The first-order valence-electron chi connectivity index (χ1n) is 5.19. The Bertz CT molecular complexity index is 604. The standard InChI is InChI=1S/C12H11BrN4O/c1-6-9(11(15)18)10(14)17-12(16-6)7-4-2-3-5-8(7)13/h2-5H,1H3,(H2,15,18)(H2,14,16,17). The fourth-order valence-electron chi connectivity index (χ4n) is 1.66. The summed E-state index contributed by atoms with van der Waals surface area (Å²) in [6.07, 6.45) is 0. The van der Waals surface area contributed by atoms with E-state index >= 15 is 0 Å². The van der Waals surface area contributed by atoms with Crippen LogP contribution >= 0.6 is 15.9 Å². The molecule has 2 aromatic rings. The maximum atomic E-state index is 11.2. The second-order valence-electron chi connectivity index (χ2n) is 3.74. The minimum Gasteiger partial charge on any atom is -0.383 e. The van der Waals surface area contributed by atoms with Gasteiger partial charge in [-0.05, 0) is 13.0 Å². The van der Waals surface area contributed by atoms with E-state index in [9.17, 15) is 4.79 Å². The third kappa shape index (κ3) is 2.19. The first-order chi connectivity index (χ1) is 8.50. The molecular formula is C12H11BrN4O. The molecule has 2 rings (SSSR count). The van der Waals surface area contributed by atoms with Crippen molar-refractivity contribution in [2.45, 2.75) is 6.92 Å². The van der Waals surface area contributed by atoms with Gasteiger partial charge in [0.2, 0.25) is 0 Å². The Hall–Kier alpha value is -1.95. The molecule has 0 saturated heterocycles. The van der Waals surface area contributed by atoms with Gasteiger partial charge in [-0.25, -0.2) is 9.97 Å². The van der Waals surface area contributed by atoms with Crippen LogP contribution in [0.2, 0.25) is 0 Å². The third-order valence-electron chi connectivity index (χ3n) is 2.48. The van der Waals surface area contributed by atoms with Crippen LogP contribution in [0.3, 0.4) is 0 Å². The highest BCUT2D eigenvalue weighted by Gasteiger charge is 2.15. The molecule has 1 aromatic heterocycles. The smallest absolute Gasteiger partial charge is 0.254 e. The number of hydrogen-bond donors (Lipinski definition) is 2. The number of nitrogen functional groups attached to an aromatic ring is 1. The van der Waals surface area contributed by atoms with Crippen molar-refractivity contribution >= 4 is 27.7 Å². The van der Waals surface area contributed by atoms with E-state index < -0.39 is 5.91 Å². The van der Waals surface area contributed by atoms with E-state index in [1.165, 1.54) is 0 Å². The van der Waals surface area contributed by atoms with Crippen molar-refractivity contribution in [3.8, 4) is 11.4 Å². The van der Waals surface area contributed by atoms with Crippen molar-refractivity contribution in [1.29, 1.82) is 0 Å². The van der Waals surface area contributed by atoms with Gasteiger partial charge in [0.05, 0.1) is 5.69 Å². The van der Waals surface area contributed by atoms with Crippen LogP contribution in [0.4, 0.5) is 5.82 Å². The number of aromatic nitrogens is 2. The van der Waals surface area contributed by atoms with Crippen LogP contribution in [-0.2, 0) is 0 Å². The molecule has 0 saturated carbocycles. The van der Waals surface area contributed by atoms with Crippen molar-refractivity contribution < 1.29 is 4.79 Å². The lowest BCUT2D eigenvalue weighted by Gasteiger charge is -2.08. The lowest BCUT2D eigenvalue weighted by atomic mass is 10.1. The van der Waals surface area contributed by atoms with Gasteiger partial charge in [0.15, 0.2) is 5.82 Å². The summed E-state index contributed by atoms with van der Waals surface area (Å²) in [5.41, 5.74) is 12.4.